The van der Waals surface area contributed by atoms with Crippen LogP contribution in [0.4, 0.5) is 0 Å². The number of carbonyl (C=O) groups excluding carboxylic acids is 1. The fourth-order valence-corrected chi connectivity index (χ4v) is 2.44. The van der Waals surface area contributed by atoms with Gasteiger partial charge in [-0.25, -0.2) is 0 Å². The normalized spacial score (nSPS) is 17.8. The van der Waals surface area contributed by atoms with E-state index in [1.807, 2.05) is 12.1 Å². The van der Waals surface area contributed by atoms with Crippen LogP contribution in [0.1, 0.15) is 24.9 Å². The molecular weight excluding hydrogens is 296 g/mol. The number of carbonyl (C=O) groups is 1. The molecule has 2 rings (SSSR count). The van der Waals surface area contributed by atoms with Crippen molar-refractivity contribution >= 4 is 21.8 Å². The van der Waals surface area contributed by atoms with E-state index in [0.29, 0.717) is 12.6 Å². The maximum atomic E-state index is 10.8. The lowest BCUT2D eigenvalue weighted by molar-refractivity contribution is -0.118. The van der Waals surface area contributed by atoms with Crippen LogP contribution in [0, 0.1) is 0 Å². The van der Waals surface area contributed by atoms with E-state index in [1.165, 1.54) is 12.5 Å². The summed E-state index contributed by atoms with van der Waals surface area (Å²) in [5, 5.41) is 6.22. The largest absolute Gasteiger partial charge is 0.493 e. The Morgan fingerprint density at radius 1 is 1.50 bits per heavy atom. The standard InChI is InChI=1S/C13H17BrN2O2/c1-9(17)15-5-6-16-12-4-7-18-13-3-2-10(14)8-11(12)13/h2-3,8,12,16H,4-7H2,1H3,(H,15,17). The lowest BCUT2D eigenvalue weighted by Crippen LogP contribution is -2.34. The first kappa shape index (κ1) is 13.4. The van der Waals surface area contributed by atoms with E-state index < -0.39 is 0 Å². The fourth-order valence-electron chi connectivity index (χ4n) is 2.06. The van der Waals surface area contributed by atoms with Crippen molar-refractivity contribution in [1.82, 2.24) is 10.6 Å². The van der Waals surface area contributed by atoms with Crippen LogP contribution >= 0.6 is 15.9 Å². The number of hydrogen-bond donors (Lipinski definition) is 2. The molecule has 1 unspecified atom stereocenters. The van der Waals surface area contributed by atoms with Crippen molar-refractivity contribution in [2.45, 2.75) is 19.4 Å². The van der Waals surface area contributed by atoms with Gasteiger partial charge >= 0.3 is 0 Å². The number of benzene rings is 1. The van der Waals surface area contributed by atoms with Gasteiger partial charge < -0.3 is 15.4 Å². The van der Waals surface area contributed by atoms with Crippen LogP contribution in [0.15, 0.2) is 22.7 Å². The summed E-state index contributed by atoms with van der Waals surface area (Å²) >= 11 is 3.48. The van der Waals surface area contributed by atoms with E-state index in [0.717, 1.165) is 29.8 Å². The van der Waals surface area contributed by atoms with E-state index in [9.17, 15) is 4.79 Å². The van der Waals surface area contributed by atoms with Gasteiger partial charge in [0.2, 0.25) is 5.91 Å². The first-order chi connectivity index (χ1) is 8.66. The second kappa shape index (κ2) is 6.20. The summed E-state index contributed by atoms with van der Waals surface area (Å²) < 4.78 is 6.68. The molecular formula is C13H17BrN2O2. The molecule has 0 aromatic heterocycles. The Kier molecular flexibility index (Phi) is 4.60. The van der Waals surface area contributed by atoms with Crippen LogP contribution in [0.5, 0.6) is 5.75 Å². The van der Waals surface area contributed by atoms with Gasteiger partial charge in [-0.3, -0.25) is 4.79 Å². The molecule has 0 radical (unpaired) electrons. The van der Waals surface area contributed by atoms with Gasteiger partial charge in [0.05, 0.1) is 6.61 Å². The molecule has 2 N–H and O–H groups in total. The minimum atomic E-state index is 0.00641. The third-order valence-electron chi connectivity index (χ3n) is 2.90. The van der Waals surface area contributed by atoms with Crippen LogP contribution in [0.2, 0.25) is 0 Å². The van der Waals surface area contributed by atoms with Crippen molar-refractivity contribution in [2.75, 3.05) is 19.7 Å². The molecule has 0 spiro atoms. The van der Waals surface area contributed by atoms with Crippen LogP contribution in [0.3, 0.4) is 0 Å². The highest BCUT2D eigenvalue weighted by atomic mass is 79.9. The smallest absolute Gasteiger partial charge is 0.216 e. The molecule has 1 aromatic rings. The molecule has 0 saturated carbocycles. The Morgan fingerprint density at radius 3 is 3.11 bits per heavy atom. The summed E-state index contributed by atoms with van der Waals surface area (Å²) in [4.78, 5) is 10.8. The summed E-state index contributed by atoms with van der Waals surface area (Å²) in [5.41, 5.74) is 1.18. The molecule has 0 saturated heterocycles. The molecule has 1 atom stereocenters. The zero-order chi connectivity index (χ0) is 13.0. The van der Waals surface area contributed by atoms with E-state index >= 15 is 0 Å². The molecule has 4 nitrogen and oxygen atoms in total. The molecule has 18 heavy (non-hydrogen) atoms. The van der Waals surface area contributed by atoms with E-state index in [4.69, 9.17) is 4.74 Å². The van der Waals surface area contributed by atoms with Crippen LogP contribution in [0.25, 0.3) is 0 Å². The Hall–Kier alpha value is -1.07. The van der Waals surface area contributed by atoms with Gasteiger partial charge in [0.1, 0.15) is 5.75 Å². The molecule has 98 valence electrons. The second-order valence-corrected chi connectivity index (χ2v) is 5.22. The van der Waals surface area contributed by atoms with Gasteiger partial charge in [-0.15, -0.1) is 0 Å². The number of rotatable bonds is 4. The Balaban J connectivity index is 1.95. The SMILES string of the molecule is CC(=O)NCCNC1CCOc2ccc(Br)cc21. The minimum absolute atomic E-state index is 0.00641. The van der Waals surface area contributed by atoms with Crippen molar-refractivity contribution < 1.29 is 9.53 Å². The zero-order valence-electron chi connectivity index (χ0n) is 10.3. The highest BCUT2D eigenvalue weighted by Crippen LogP contribution is 2.33. The average Bonchev–Trinajstić information content (AvgIpc) is 2.34. The zero-order valence-corrected chi connectivity index (χ0v) is 11.9. The van der Waals surface area contributed by atoms with Crippen molar-refractivity contribution in [3.05, 3.63) is 28.2 Å². The molecule has 5 heteroatoms. The molecule has 1 aliphatic rings. The second-order valence-electron chi connectivity index (χ2n) is 4.31. The van der Waals surface area contributed by atoms with E-state index in [1.54, 1.807) is 0 Å². The highest BCUT2D eigenvalue weighted by Gasteiger charge is 2.20. The van der Waals surface area contributed by atoms with Crippen molar-refractivity contribution in [1.29, 1.82) is 0 Å². The maximum absolute atomic E-state index is 10.8. The fraction of sp³-hybridized carbons (Fsp3) is 0.462. The Morgan fingerprint density at radius 2 is 2.33 bits per heavy atom. The number of ether oxygens (including phenoxy) is 1. The van der Waals surface area contributed by atoms with Crippen LogP contribution in [-0.4, -0.2) is 25.6 Å². The first-order valence-corrected chi connectivity index (χ1v) is 6.86. The van der Waals surface area contributed by atoms with Crippen molar-refractivity contribution in [2.24, 2.45) is 0 Å². The summed E-state index contributed by atoms with van der Waals surface area (Å²) in [5.74, 6) is 0.952. The molecule has 0 aliphatic carbocycles. The molecule has 0 bridgehead atoms. The average molecular weight is 313 g/mol. The number of amides is 1. The van der Waals surface area contributed by atoms with Crippen LogP contribution in [-0.2, 0) is 4.79 Å². The highest BCUT2D eigenvalue weighted by molar-refractivity contribution is 9.10. The van der Waals surface area contributed by atoms with Crippen molar-refractivity contribution in [3.63, 3.8) is 0 Å². The Labute approximate surface area is 115 Å². The molecule has 0 fully saturated rings. The number of hydrogen-bond acceptors (Lipinski definition) is 3. The number of fused-ring (bicyclic) bond motifs is 1. The third kappa shape index (κ3) is 3.46. The predicted octanol–water partition coefficient (Wildman–Crippen LogP) is 2.00. The summed E-state index contributed by atoms with van der Waals surface area (Å²) in [6.07, 6.45) is 0.948. The number of nitrogens with one attached hydrogen (secondary N) is 2. The molecule has 1 amide bonds. The summed E-state index contributed by atoms with van der Waals surface area (Å²) in [6.45, 7) is 3.67. The molecule has 1 heterocycles. The van der Waals surface area contributed by atoms with Gasteiger partial charge in [-0.05, 0) is 18.2 Å². The summed E-state index contributed by atoms with van der Waals surface area (Å²) in [7, 11) is 0. The van der Waals surface area contributed by atoms with Crippen LogP contribution < -0.4 is 15.4 Å². The maximum Gasteiger partial charge on any atom is 0.216 e. The minimum Gasteiger partial charge on any atom is -0.493 e. The van der Waals surface area contributed by atoms with Gasteiger partial charge in [0.15, 0.2) is 0 Å². The van der Waals surface area contributed by atoms with Gasteiger partial charge in [0.25, 0.3) is 0 Å². The van der Waals surface area contributed by atoms with E-state index in [2.05, 4.69) is 32.6 Å². The third-order valence-corrected chi connectivity index (χ3v) is 3.39. The lowest BCUT2D eigenvalue weighted by Gasteiger charge is -2.27. The van der Waals surface area contributed by atoms with E-state index in [-0.39, 0.29) is 5.91 Å². The van der Waals surface area contributed by atoms with Gasteiger partial charge in [-0.2, -0.15) is 0 Å². The predicted molar refractivity (Wildman–Crippen MR) is 73.7 cm³/mol. The molecule has 1 aliphatic heterocycles. The van der Waals surface area contributed by atoms with Crippen molar-refractivity contribution in [3.8, 4) is 5.75 Å². The lowest BCUT2D eigenvalue weighted by atomic mass is 10.0. The number of halogens is 1. The van der Waals surface area contributed by atoms with Gasteiger partial charge in [0, 0.05) is 42.5 Å². The summed E-state index contributed by atoms with van der Waals surface area (Å²) in [6, 6.07) is 6.35. The first-order valence-electron chi connectivity index (χ1n) is 6.07. The quantitative estimate of drug-likeness (QED) is 0.836. The Bertz CT molecular complexity index is 437. The monoisotopic (exact) mass is 312 g/mol. The van der Waals surface area contributed by atoms with Gasteiger partial charge in [-0.1, -0.05) is 15.9 Å². The topological polar surface area (TPSA) is 50.4 Å². The molecule has 1 aromatic carbocycles.